The fourth-order valence-corrected chi connectivity index (χ4v) is 2.79. The zero-order chi connectivity index (χ0) is 15.1. The maximum atomic E-state index is 4.43. The van der Waals surface area contributed by atoms with Gasteiger partial charge in [-0.25, -0.2) is 9.67 Å². The minimum atomic E-state index is 0.573. The summed E-state index contributed by atoms with van der Waals surface area (Å²) in [5.41, 5.74) is 1.33. The molecule has 5 heteroatoms. The van der Waals surface area contributed by atoms with Gasteiger partial charge in [-0.1, -0.05) is 60.1 Å². The van der Waals surface area contributed by atoms with Crippen molar-refractivity contribution in [3.8, 4) is 0 Å². The molecule has 0 aliphatic heterocycles. The highest BCUT2D eigenvalue weighted by Gasteiger charge is 2.12. The van der Waals surface area contributed by atoms with Crippen LogP contribution >= 0.6 is 15.9 Å². The van der Waals surface area contributed by atoms with E-state index < -0.39 is 0 Å². The summed E-state index contributed by atoms with van der Waals surface area (Å²) in [5, 5.41) is 5.30. The normalized spacial score (nSPS) is 11.5. The summed E-state index contributed by atoms with van der Waals surface area (Å²) >= 11 is 3.54. The Bertz CT molecular complexity index is 524. The lowest BCUT2D eigenvalue weighted by Gasteiger charge is -2.21. The lowest BCUT2D eigenvalue weighted by Crippen LogP contribution is -2.27. The second-order valence-corrected chi connectivity index (χ2v) is 6.43. The van der Waals surface area contributed by atoms with E-state index >= 15 is 0 Å². The molecule has 0 aliphatic carbocycles. The number of rotatable bonds is 8. The first kappa shape index (κ1) is 16.2. The molecule has 0 saturated heterocycles. The number of halogens is 1. The van der Waals surface area contributed by atoms with E-state index in [2.05, 4.69) is 75.1 Å². The third-order valence-electron chi connectivity index (χ3n) is 3.25. The fraction of sp³-hybridized carbons (Fsp3) is 0.500. The molecular formula is C16H23BrN4. The van der Waals surface area contributed by atoms with Crippen LogP contribution < -0.4 is 0 Å². The van der Waals surface area contributed by atoms with E-state index in [0.29, 0.717) is 5.92 Å². The Morgan fingerprint density at radius 2 is 1.95 bits per heavy atom. The molecule has 0 atom stereocenters. The Morgan fingerprint density at radius 1 is 1.19 bits per heavy atom. The van der Waals surface area contributed by atoms with Crippen LogP contribution in [0, 0.1) is 5.92 Å². The molecule has 0 aliphatic rings. The van der Waals surface area contributed by atoms with E-state index in [1.165, 1.54) is 5.56 Å². The Morgan fingerprint density at radius 3 is 2.62 bits per heavy atom. The van der Waals surface area contributed by atoms with Gasteiger partial charge in [-0.05, 0) is 11.5 Å². The Kier molecular flexibility index (Phi) is 6.39. The number of hydrogen-bond donors (Lipinski definition) is 0. The van der Waals surface area contributed by atoms with Crippen LogP contribution in [0.5, 0.6) is 0 Å². The van der Waals surface area contributed by atoms with Gasteiger partial charge in [0.1, 0.15) is 12.2 Å². The smallest absolute Gasteiger partial charge is 0.141 e. The van der Waals surface area contributed by atoms with Crippen molar-refractivity contribution in [2.75, 3.05) is 11.9 Å². The molecule has 0 N–H and O–H groups in total. The monoisotopic (exact) mass is 350 g/mol. The Hall–Kier alpha value is -1.20. The largest absolute Gasteiger partial charge is 0.291 e. The molecular weight excluding hydrogens is 328 g/mol. The predicted octanol–water partition coefficient (Wildman–Crippen LogP) is 3.33. The second-order valence-electron chi connectivity index (χ2n) is 5.64. The lowest BCUT2D eigenvalue weighted by molar-refractivity contribution is 0.259. The van der Waals surface area contributed by atoms with Gasteiger partial charge in [0.2, 0.25) is 0 Å². The van der Waals surface area contributed by atoms with Crippen molar-refractivity contribution in [2.45, 2.75) is 33.5 Å². The molecule has 0 radical (unpaired) electrons. The highest BCUT2D eigenvalue weighted by atomic mass is 79.9. The third kappa shape index (κ3) is 5.25. The maximum Gasteiger partial charge on any atom is 0.141 e. The van der Waals surface area contributed by atoms with E-state index in [-0.39, 0.29) is 0 Å². The van der Waals surface area contributed by atoms with Gasteiger partial charge in [0.15, 0.2) is 0 Å². The standard InChI is InChI=1S/C16H23BrN4/c1-14(2)10-21-16(18-13-19-21)12-20(9-8-17)11-15-6-4-3-5-7-15/h3-7,13-14H,8-12H2,1-2H3. The van der Waals surface area contributed by atoms with E-state index in [1.807, 2.05) is 4.68 Å². The number of benzene rings is 1. The van der Waals surface area contributed by atoms with Gasteiger partial charge in [0, 0.05) is 25.0 Å². The topological polar surface area (TPSA) is 34.0 Å². The molecule has 0 saturated carbocycles. The molecule has 21 heavy (non-hydrogen) atoms. The van der Waals surface area contributed by atoms with Crippen molar-refractivity contribution in [1.82, 2.24) is 19.7 Å². The molecule has 114 valence electrons. The predicted molar refractivity (Wildman–Crippen MR) is 89.2 cm³/mol. The fourth-order valence-electron chi connectivity index (χ4n) is 2.28. The van der Waals surface area contributed by atoms with E-state index in [9.17, 15) is 0 Å². The summed E-state index contributed by atoms with van der Waals surface area (Å²) < 4.78 is 2.02. The van der Waals surface area contributed by atoms with Crippen LogP contribution in [0.4, 0.5) is 0 Å². The number of hydrogen-bond acceptors (Lipinski definition) is 3. The van der Waals surface area contributed by atoms with Crippen LogP contribution in [0.1, 0.15) is 25.2 Å². The van der Waals surface area contributed by atoms with Gasteiger partial charge in [-0.15, -0.1) is 0 Å². The zero-order valence-electron chi connectivity index (χ0n) is 12.7. The van der Waals surface area contributed by atoms with Gasteiger partial charge in [0.25, 0.3) is 0 Å². The average Bonchev–Trinajstić information content (AvgIpc) is 2.86. The molecule has 0 spiro atoms. The van der Waals surface area contributed by atoms with Crippen LogP contribution in [-0.4, -0.2) is 31.5 Å². The van der Waals surface area contributed by atoms with Gasteiger partial charge >= 0.3 is 0 Å². The minimum absolute atomic E-state index is 0.573. The molecule has 0 bridgehead atoms. The molecule has 0 amide bonds. The Labute approximate surface area is 135 Å². The molecule has 2 rings (SSSR count). The molecule has 4 nitrogen and oxygen atoms in total. The van der Waals surface area contributed by atoms with Crippen LogP contribution in [0.3, 0.4) is 0 Å². The summed E-state index contributed by atoms with van der Waals surface area (Å²) in [4.78, 5) is 6.82. The summed E-state index contributed by atoms with van der Waals surface area (Å²) in [6, 6.07) is 10.6. The second kappa shape index (κ2) is 8.29. The summed E-state index contributed by atoms with van der Waals surface area (Å²) in [5.74, 6) is 1.62. The molecule has 2 aromatic rings. The van der Waals surface area contributed by atoms with E-state index in [4.69, 9.17) is 0 Å². The SMILES string of the molecule is CC(C)Cn1ncnc1CN(CCBr)Cc1ccccc1. The quantitative estimate of drug-likeness (QED) is 0.684. The minimum Gasteiger partial charge on any atom is -0.291 e. The third-order valence-corrected chi connectivity index (χ3v) is 3.60. The first-order valence-electron chi connectivity index (χ1n) is 7.38. The summed E-state index contributed by atoms with van der Waals surface area (Å²) in [6.07, 6.45) is 1.66. The van der Waals surface area contributed by atoms with Crippen LogP contribution in [-0.2, 0) is 19.6 Å². The van der Waals surface area contributed by atoms with Gasteiger partial charge in [-0.3, -0.25) is 4.90 Å². The van der Waals surface area contributed by atoms with Crippen molar-refractivity contribution >= 4 is 15.9 Å². The summed E-state index contributed by atoms with van der Waals surface area (Å²) in [6.45, 7) is 8.07. The van der Waals surface area contributed by atoms with E-state index in [0.717, 1.165) is 37.3 Å². The molecule has 1 aromatic heterocycles. The van der Waals surface area contributed by atoms with Crippen molar-refractivity contribution in [3.63, 3.8) is 0 Å². The highest BCUT2D eigenvalue weighted by molar-refractivity contribution is 9.09. The number of aromatic nitrogens is 3. The average molecular weight is 351 g/mol. The number of alkyl halides is 1. The van der Waals surface area contributed by atoms with Crippen molar-refractivity contribution in [2.24, 2.45) is 5.92 Å². The molecule has 1 heterocycles. The lowest BCUT2D eigenvalue weighted by atomic mass is 10.2. The van der Waals surface area contributed by atoms with Crippen LogP contribution in [0.15, 0.2) is 36.7 Å². The van der Waals surface area contributed by atoms with Gasteiger partial charge < -0.3 is 0 Å². The molecule has 0 fully saturated rings. The summed E-state index contributed by atoms with van der Waals surface area (Å²) in [7, 11) is 0. The van der Waals surface area contributed by atoms with Gasteiger partial charge in [0.05, 0.1) is 6.54 Å². The van der Waals surface area contributed by atoms with Crippen LogP contribution in [0.2, 0.25) is 0 Å². The molecule has 1 aromatic carbocycles. The first-order chi connectivity index (χ1) is 10.2. The number of nitrogens with zero attached hydrogens (tertiary/aromatic N) is 4. The van der Waals surface area contributed by atoms with Crippen molar-refractivity contribution < 1.29 is 0 Å². The van der Waals surface area contributed by atoms with Gasteiger partial charge in [-0.2, -0.15) is 5.10 Å². The maximum absolute atomic E-state index is 4.43. The van der Waals surface area contributed by atoms with Crippen molar-refractivity contribution in [3.05, 3.63) is 48.0 Å². The first-order valence-corrected chi connectivity index (χ1v) is 8.50. The Balaban J connectivity index is 2.04. The van der Waals surface area contributed by atoms with Crippen LogP contribution in [0.25, 0.3) is 0 Å². The highest BCUT2D eigenvalue weighted by Crippen LogP contribution is 2.10. The van der Waals surface area contributed by atoms with Crippen molar-refractivity contribution in [1.29, 1.82) is 0 Å². The zero-order valence-corrected chi connectivity index (χ0v) is 14.3. The van der Waals surface area contributed by atoms with E-state index in [1.54, 1.807) is 6.33 Å². The molecule has 0 unspecified atom stereocenters.